The first-order chi connectivity index (χ1) is 13.3. The number of aryl methyl sites for hydroxylation is 2. The molecule has 1 saturated heterocycles. The average Bonchev–Trinajstić information content (AvgIpc) is 3.00. The monoisotopic (exact) mass is 399 g/mol. The third-order valence-electron chi connectivity index (χ3n) is 5.63. The number of fused-ring (bicyclic) bond motifs is 1. The first-order valence-corrected chi connectivity index (χ1v) is 11.3. The van der Waals surface area contributed by atoms with Gasteiger partial charge in [0.05, 0.1) is 17.5 Å². The van der Waals surface area contributed by atoms with E-state index in [0.29, 0.717) is 24.2 Å². The molecule has 148 valence electrons. The van der Waals surface area contributed by atoms with Crippen LogP contribution in [0, 0.1) is 6.92 Å². The van der Waals surface area contributed by atoms with Gasteiger partial charge in [-0.1, -0.05) is 6.07 Å². The molecule has 7 heteroatoms. The summed E-state index contributed by atoms with van der Waals surface area (Å²) in [7, 11) is -3.23. The Hall–Kier alpha value is -2.54. The highest BCUT2D eigenvalue weighted by Crippen LogP contribution is 2.32. The molecule has 0 saturated carbocycles. The molecule has 1 amide bonds. The van der Waals surface area contributed by atoms with E-state index in [1.807, 2.05) is 25.1 Å². The van der Waals surface area contributed by atoms with Crippen LogP contribution in [-0.4, -0.2) is 26.6 Å². The third kappa shape index (κ3) is 3.46. The number of nitrogens with zero attached hydrogens (tertiary/aromatic N) is 1. The van der Waals surface area contributed by atoms with Gasteiger partial charge in [0.15, 0.2) is 0 Å². The second kappa shape index (κ2) is 7.13. The van der Waals surface area contributed by atoms with Gasteiger partial charge in [0.2, 0.25) is 10.0 Å². The number of nitrogens with two attached hydrogens (primary N) is 1. The van der Waals surface area contributed by atoms with E-state index in [1.54, 1.807) is 18.2 Å². The normalized spacial score (nSPS) is 20.6. The molecule has 1 fully saturated rings. The van der Waals surface area contributed by atoms with Gasteiger partial charge in [-0.3, -0.25) is 9.10 Å². The Morgan fingerprint density at radius 1 is 1.18 bits per heavy atom. The van der Waals surface area contributed by atoms with Crippen LogP contribution in [0.5, 0.6) is 0 Å². The van der Waals surface area contributed by atoms with Gasteiger partial charge in [0, 0.05) is 17.8 Å². The Morgan fingerprint density at radius 3 is 2.71 bits per heavy atom. The standard InChI is InChI=1S/C21H25N3O3S/c1-14-12-17(24-10-3-11-28(24,26)27)7-9-18(14)21(25)23-20-5-2-4-15-13-16(22)6-8-19(15)20/h6-9,12-13,20H,2-5,10-11,22H2,1H3,(H,23,25). The zero-order valence-corrected chi connectivity index (χ0v) is 16.8. The summed E-state index contributed by atoms with van der Waals surface area (Å²) in [5.74, 6) is 0.0443. The Bertz CT molecular complexity index is 1030. The van der Waals surface area contributed by atoms with Gasteiger partial charge in [0.25, 0.3) is 5.91 Å². The van der Waals surface area contributed by atoms with E-state index in [9.17, 15) is 13.2 Å². The van der Waals surface area contributed by atoms with Gasteiger partial charge in [-0.25, -0.2) is 8.42 Å². The van der Waals surface area contributed by atoms with Crippen molar-refractivity contribution in [2.75, 3.05) is 22.3 Å². The van der Waals surface area contributed by atoms with Crippen molar-refractivity contribution >= 4 is 27.3 Å². The molecule has 0 aromatic heterocycles. The van der Waals surface area contributed by atoms with Gasteiger partial charge in [0.1, 0.15) is 0 Å². The largest absolute Gasteiger partial charge is 0.399 e. The Balaban J connectivity index is 1.55. The Kier molecular flexibility index (Phi) is 4.79. The van der Waals surface area contributed by atoms with Crippen LogP contribution in [0.4, 0.5) is 11.4 Å². The lowest BCUT2D eigenvalue weighted by Crippen LogP contribution is -2.31. The van der Waals surface area contributed by atoms with Gasteiger partial charge >= 0.3 is 0 Å². The average molecular weight is 400 g/mol. The number of sulfonamides is 1. The maximum Gasteiger partial charge on any atom is 0.252 e. The van der Waals surface area contributed by atoms with Crippen molar-refractivity contribution in [1.29, 1.82) is 0 Å². The molecule has 1 aliphatic carbocycles. The van der Waals surface area contributed by atoms with E-state index in [4.69, 9.17) is 5.73 Å². The van der Waals surface area contributed by atoms with Gasteiger partial charge < -0.3 is 11.1 Å². The van der Waals surface area contributed by atoms with E-state index in [1.165, 1.54) is 9.87 Å². The minimum Gasteiger partial charge on any atom is -0.399 e. The summed E-state index contributed by atoms with van der Waals surface area (Å²) >= 11 is 0. The van der Waals surface area contributed by atoms with Crippen molar-refractivity contribution in [2.45, 2.75) is 38.6 Å². The second-order valence-corrected chi connectivity index (χ2v) is 9.63. The number of anilines is 2. The first-order valence-electron chi connectivity index (χ1n) is 9.65. The second-order valence-electron chi connectivity index (χ2n) is 7.62. The minimum atomic E-state index is -3.23. The highest BCUT2D eigenvalue weighted by Gasteiger charge is 2.29. The molecule has 2 aromatic carbocycles. The fourth-order valence-corrected chi connectivity index (χ4v) is 5.76. The highest BCUT2D eigenvalue weighted by molar-refractivity contribution is 7.93. The number of nitrogen functional groups attached to an aromatic ring is 1. The lowest BCUT2D eigenvalue weighted by atomic mass is 9.87. The number of carbonyl (C=O) groups excluding carboxylic acids is 1. The molecule has 1 unspecified atom stereocenters. The lowest BCUT2D eigenvalue weighted by molar-refractivity contribution is 0.0932. The highest BCUT2D eigenvalue weighted by atomic mass is 32.2. The molecule has 3 N–H and O–H groups in total. The number of nitrogens with one attached hydrogen (secondary N) is 1. The summed E-state index contributed by atoms with van der Waals surface area (Å²) in [5, 5.41) is 3.15. The molecule has 2 aromatic rings. The molecule has 28 heavy (non-hydrogen) atoms. The molecule has 0 bridgehead atoms. The van der Waals surface area contributed by atoms with Gasteiger partial charge in [-0.15, -0.1) is 0 Å². The maximum atomic E-state index is 12.9. The minimum absolute atomic E-state index is 0.0325. The number of benzene rings is 2. The number of rotatable bonds is 3. The smallest absolute Gasteiger partial charge is 0.252 e. The topological polar surface area (TPSA) is 92.5 Å². The fourth-order valence-electron chi connectivity index (χ4n) is 4.21. The number of amides is 1. The summed E-state index contributed by atoms with van der Waals surface area (Å²) in [4.78, 5) is 12.9. The fraction of sp³-hybridized carbons (Fsp3) is 0.381. The van der Waals surface area contributed by atoms with E-state index < -0.39 is 10.0 Å². The maximum absolute atomic E-state index is 12.9. The van der Waals surface area contributed by atoms with Crippen molar-refractivity contribution in [1.82, 2.24) is 5.32 Å². The number of carbonyl (C=O) groups is 1. The molecule has 1 heterocycles. The first kappa shape index (κ1) is 18.8. The van der Waals surface area contributed by atoms with Crippen molar-refractivity contribution in [3.05, 3.63) is 58.7 Å². The zero-order chi connectivity index (χ0) is 19.9. The van der Waals surface area contributed by atoms with Crippen molar-refractivity contribution in [3.63, 3.8) is 0 Å². The molecule has 0 spiro atoms. The summed E-state index contributed by atoms with van der Waals surface area (Å²) in [6.45, 7) is 2.34. The van der Waals surface area contributed by atoms with Crippen LogP contribution in [-0.2, 0) is 16.4 Å². The Morgan fingerprint density at radius 2 is 2.00 bits per heavy atom. The number of hydrogen-bond acceptors (Lipinski definition) is 4. The van der Waals surface area contributed by atoms with E-state index in [2.05, 4.69) is 5.32 Å². The molecule has 6 nitrogen and oxygen atoms in total. The third-order valence-corrected chi connectivity index (χ3v) is 7.50. The predicted octanol–water partition coefficient (Wildman–Crippen LogP) is 2.92. The van der Waals surface area contributed by atoms with Gasteiger partial charge in [-0.05, 0) is 79.6 Å². The summed E-state index contributed by atoms with van der Waals surface area (Å²) in [6.07, 6.45) is 3.51. The van der Waals surface area contributed by atoms with Crippen LogP contribution in [0.3, 0.4) is 0 Å². The van der Waals surface area contributed by atoms with Crippen molar-refractivity contribution in [2.24, 2.45) is 0 Å². The summed E-state index contributed by atoms with van der Waals surface area (Å²) < 4.78 is 25.7. The molecule has 0 radical (unpaired) electrons. The van der Waals surface area contributed by atoms with E-state index in [0.717, 1.165) is 36.1 Å². The summed E-state index contributed by atoms with van der Waals surface area (Å²) in [6, 6.07) is 11.1. The van der Waals surface area contributed by atoms with Crippen LogP contribution < -0.4 is 15.4 Å². The van der Waals surface area contributed by atoms with Crippen molar-refractivity contribution < 1.29 is 13.2 Å². The zero-order valence-electron chi connectivity index (χ0n) is 15.9. The van der Waals surface area contributed by atoms with Crippen LogP contribution in [0.25, 0.3) is 0 Å². The molecule has 1 atom stereocenters. The molecular weight excluding hydrogens is 374 g/mol. The molecular formula is C21H25N3O3S. The van der Waals surface area contributed by atoms with E-state index >= 15 is 0 Å². The predicted molar refractivity (Wildman–Crippen MR) is 111 cm³/mol. The van der Waals surface area contributed by atoms with Crippen LogP contribution in [0.15, 0.2) is 36.4 Å². The SMILES string of the molecule is Cc1cc(N2CCCS2(=O)=O)ccc1C(=O)NC1CCCc2cc(N)ccc21. The summed E-state index contributed by atoms with van der Waals surface area (Å²) in [5.41, 5.74) is 10.9. The molecule has 1 aliphatic heterocycles. The van der Waals surface area contributed by atoms with Gasteiger partial charge in [-0.2, -0.15) is 0 Å². The number of hydrogen-bond donors (Lipinski definition) is 2. The molecule has 4 rings (SSSR count). The molecule has 2 aliphatic rings. The van der Waals surface area contributed by atoms with Crippen LogP contribution >= 0.6 is 0 Å². The lowest BCUT2D eigenvalue weighted by Gasteiger charge is -2.27. The van der Waals surface area contributed by atoms with E-state index in [-0.39, 0.29) is 17.7 Å². The quantitative estimate of drug-likeness (QED) is 0.776. The Labute approximate surface area is 165 Å². The van der Waals surface area contributed by atoms with Crippen LogP contribution in [0.2, 0.25) is 0 Å². The van der Waals surface area contributed by atoms with Crippen molar-refractivity contribution in [3.8, 4) is 0 Å². The van der Waals surface area contributed by atoms with Crippen LogP contribution in [0.1, 0.15) is 52.4 Å².